The van der Waals surface area contributed by atoms with Gasteiger partial charge in [-0.1, -0.05) is 32.3 Å². The molecule has 126 valence electrons. The van der Waals surface area contributed by atoms with Gasteiger partial charge >= 0.3 is 0 Å². The number of nitrogens with one attached hydrogen (secondary N) is 2. The third kappa shape index (κ3) is 7.61. The molecule has 0 aliphatic heterocycles. The Balaban J connectivity index is 2.52. The summed E-state index contributed by atoms with van der Waals surface area (Å²) >= 11 is 8.46. The summed E-state index contributed by atoms with van der Waals surface area (Å²) in [6.45, 7) is 6.95. The van der Waals surface area contributed by atoms with Crippen LogP contribution >= 0.6 is 28.1 Å². The van der Waals surface area contributed by atoms with E-state index in [0.717, 1.165) is 16.6 Å². The van der Waals surface area contributed by atoms with Crippen LogP contribution in [0.3, 0.4) is 0 Å². The Labute approximate surface area is 151 Å². The second-order valence-corrected chi connectivity index (χ2v) is 6.27. The minimum atomic E-state index is -0.262. The van der Waals surface area contributed by atoms with Crippen LogP contribution < -0.4 is 15.4 Å². The lowest BCUT2D eigenvalue weighted by atomic mass is 10.2. The van der Waals surface area contributed by atoms with E-state index < -0.39 is 0 Å². The van der Waals surface area contributed by atoms with Gasteiger partial charge in [0.05, 0.1) is 11.1 Å². The number of hydrogen-bond donors (Lipinski definition) is 2. The molecule has 23 heavy (non-hydrogen) atoms. The van der Waals surface area contributed by atoms with Gasteiger partial charge in [0.25, 0.3) is 5.91 Å². The maximum Gasteiger partial charge on any atom is 0.257 e. The number of ether oxygens (including phenoxy) is 1. The van der Waals surface area contributed by atoms with E-state index in [1.807, 2.05) is 0 Å². The standard InChI is InChI=1S/C17H23BrN2O2S/c1-3-5-6-7-11-22-15-9-8-13(12-14(15)18)16(21)20-17(23)19-10-4-2/h4,8-9,12H,2-3,5-7,10-11H2,1H3,(H2,19,20,21,23). The van der Waals surface area contributed by atoms with Gasteiger partial charge in [0.15, 0.2) is 5.11 Å². The summed E-state index contributed by atoms with van der Waals surface area (Å²) in [6, 6.07) is 5.24. The van der Waals surface area contributed by atoms with Gasteiger partial charge in [-0.15, -0.1) is 6.58 Å². The lowest BCUT2D eigenvalue weighted by molar-refractivity contribution is 0.0976. The molecule has 1 aromatic carbocycles. The normalized spacial score (nSPS) is 10.0. The van der Waals surface area contributed by atoms with Crippen molar-refractivity contribution in [1.29, 1.82) is 0 Å². The Bertz CT molecular complexity index is 549. The minimum Gasteiger partial charge on any atom is -0.492 e. The minimum absolute atomic E-state index is 0.262. The van der Waals surface area contributed by atoms with Crippen molar-refractivity contribution in [3.63, 3.8) is 0 Å². The van der Waals surface area contributed by atoms with Crippen LogP contribution in [0.25, 0.3) is 0 Å². The molecule has 1 rings (SSSR count). The number of benzene rings is 1. The molecule has 0 fully saturated rings. The van der Waals surface area contributed by atoms with Crippen molar-refractivity contribution in [3.05, 3.63) is 40.9 Å². The first-order valence-electron chi connectivity index (χ1n) is 7.71. The molecule has 0 atom stereocenters. The van der Waals surface area contributed by atoms with Gasteiger partial charge in [-0.2, -0.15) is 0 Å². The highest BCUT2D eigenvalue weighted by molar-refractivity contribution is 9.10. The topological polar surface area (TPSA) is 50.4 Å². The molecule has 0 spiro atoms. The van der Waals surface area contributed by atoms with Crippen molar-refractivity contribution < 1.29 is 9.53 Å². The molecule has 1 aromatic rings. The molecule has 2 N–H and O–H groups in total. The Morgan fingerprint density at radius 1 is 1.39 bits per heavy atom. The van der Waals surface area contributed by atoms with Crippen molar-refractivity contribution in [3.8, 4) is 5.75 Å². The summed E-state index contributed by atoms with van der Waals surface area (Å²) in [7, 11) is 0. The number of carbonyl (C=O) groups excluding carboxylic acids is 1. The van der Waals surface area contributed by atoms with E-state index in [1.165, 1.54) is 19.3 Å². The number of hydrogen-bond acceptors (Lipinski definition) is 3. The summed E-state index contributed by atoms with van der Waals surface area (Å²) in [5, 5.41) is 5.74. The molecule has 0 aliphatic carbocycles. The Morgan fingerprint density at radius 2 is 2.17 bits per heavy atom. The average Bonchev–Trinajstić information content (AvgIpc) is 2.53. The zero-order chi connectivity index (χ0) is 17.1. The first kappa shape index (κ1) is 19.6. The monoisotopic (exact) mass is 398 g/mol. The summed E-state index contributed by atoms with van der Waals surface area (Å²) in [4.78, 5) is 12.1. The van der Waals surface area contributed by atoms with Crippen LogP contribution in [0.15, 0.2) is 35.3 Å². The quantitative estimate of drug-likeness (QED) is 0.371. The van der Waals surface area contributed by atoms with E-state index in [9.17, 15) is 4.79 Å². The zero-order valence-corrected chi connectivity index (χ0v) is 15.8. The van der Waals surface area contributed by atoms with Crippen LogP contribution in [0.4, 0.5) is 0 Å². The van der Waals surface area contributed by atoms with E-state index >= 15 is 0 Å². The van der Waals surface area contributed by atoms with Crippen LogP contribution in [0.5, 0.6) is 5.75 Å². The number of rotatable bonds is 9. The molecule has 0 saturated carbocycles. The summed E-state index contributed by atoms with van der Waals surface area (Å²) in [5.74, 6) is 0.479. The van der Waals surface area contributed by atoms with Crippen molar-refractivity contribution in [1.82, 2.24) is 10.6 Å². The maximum atomic E-state index is 12.1. The number of halogens is 1. The van der Waals surface area contributed by atoms with E-state index in [1.54, 1.807) is 24.3 Å². The van der Waals surface area contributed by atoms with Crippen molar-refractivity contribution >= 4 is 39.2 Å². The predicted molar refractivity (Wildman–Crippen MR) is 102 cm³/mol. The van der Waals surface area contributed by atoms with Crippen LogP contribution in [-0.4, -0.2) is 24.2 Å². The third-order valence-electron chi connectivity index (χ3n) is 3.08. The van der Waals surface area contributed by atoms with Crippen molar-refractivity contribution in [2.45, 2.75) is 32.6 Å². The third-order valence-corrected chi connectivity index (χ3v) is 3.95. The molecular formula is C17H23BrN2O2S. The predicted octanol–water partition coefficient (Wildman–Crippen LogP) is 4.20. The Kier molecular flexibility index (Phi) is 9.55. The zero-order valence-electron chi connectivity index (χ0n) is 13.4. The van der Waals surface area contributed by atoms with Crippen LogP contribution in [-0.2, 0) is 0 Å². The molecule has 0 aromatic heterocycles. The van der Waals surface area contributed by atoms with Crippen LogP contribution in [0, 0.1) is 0 Å². The lowest BCUT2D eigenvalue weighted by Gasteiger charge is -2.11. The molecule has 4 nitrogen and oxygen atoms in total. The van der Waals surface area contributed by atoms with E-state index in [-0.39, 0.29) is 11.0 Å². The highest BCUT2D eigenvalue weighted by atomic mass is 79.9. The van der Waals surface area contributed by atoms with Gasteiger partial charge in [0.2, 0.25) is 0 Å². The fourth-order valence-electron chi connectivity index (χ4n) is 1.85. The molecule has 0 bridgehead atoms. The molecule has 6 heteroatoms. The largest absolute Gasteiger partial charge is 0.492 e. The van der Waals surface area contributed by atoms with Crippen molar-refractivity contribution in [2.75, 3.05) is 13.2 Å². The molecule has 0 heterocycles. The number of carbonyl (C=O) groups is 1. The molecule has 0 saturated heterocycles. The van der Waals surface area contributed by atoms with Gasteiger partial charge in [-0.05, 0) is 52.8 Å². The van der Waals surface area contributed by atoms with E-state index in [4.69, 9.17) is 17.0 Å². The van der Waals surface area contributed by atoms with Crippen LogP contribution in [0.2, 0.25) is 0 Å². The van der Waals surface area contributed by atoms with Crippen molar-refractivity contribution in [2.24, 2.45) is 0 Å². The number of thiocarbonyl (C=S) groups is 1. The molecule has 0 unspecified atom stereocenters. The lowest BCUT2D eigenvalue weighted by Crippen LogP contribution is -2.39. The highest BCUT2D eigenvalue weighted by Gasteiger charge is 2.10. The molecule has 0 aliphatic rings. The Morgan fingerprint density at radius 3 is 2.83 bits per heavy atom. The summed E-state index contributed by atoms with van der Waals surface area (Å²) in [6.07, 6.45) is 6.30. The van der Waals surface area contributed by atoms with Gasteiger partial charge in [0.1, 0.15) is 5.75 Å². The average molecular weight is 399 g/mol. The fraction of sp³-hybridized carbons (Fsp3) is 0.412. The number of amides is 1. The summed E-state index contributed by atoms with van der Waals surface area (Å²) < 4.78 is 6.48. The Hall–Kier alpha value is -1.40. The van der Waals surface area contributed by atoms with E-state index in [0.29, 0.717) is 18.7 Å². The maximum absolute atomic E-state index is 12.1. The van der Waals surface area contributed by atoms with Crippen LogP contribution in [0.1, 0.15) is 43.0 Å². The highest BCUT2D eigenvalue weighted by Crippen LogP contribution is 2.26. The smallest absolute Gasteiger partial charge is 0.257 e. The first-order valence-corrected chi connectivity index (χ1v) is 8.91. The second kappa shape index (κ2) is 11.2. The van der Waals surface area contributed by atoms with Gasteiger partial charge < -0.3 is 10.1 Å². The fourth-order valence-corrected chi connectivity index (χ4v) is 2.52. The molecule has 0 radical (unpaired) electrons. The molecular weight excluding hydrogens is 376 g/mol. The SMILES string of the molecule is C=CCNC(=S)NC(=O)c1ccc(OCCCCCC)c(Br)c1. The second-order valence-electron chi connectivity index (χ2n) is 5.01. The van der Waals surface area contributed by atoms with Gasteiger partial charge in [-0.3, -0.25) is 10.1 Å². The number of unbranched alkanes of at least 4 members (excludes halogenated alkanes) is 3. The van der Waals surface area contributed by atoms with Gasteiger partial charge in [0, 0.05) is 12.1 Å². The summed E-state index contributed by atoms with van der Waals surface area (Å²) in [5.41, 5.74) is 0.512. The van der Waals surface area contributed by atoms with E-state index in [2.05, 4.69) is 40.1 Å². The van der Waals surface area contributed by atoms with Gasteiger partial charge in [-0.25, -0.2) is 0 Å². The first-order chi connectivity index (χ1) is 11.1. The molecule has 1 amide bonds.